The van der Waals surface area contributed by atoms with Gasteiger partial charge in [-0.1, -0.05) is 36.4 Å². The van der Waals surface area contributed by atoms with E-state index in [1.54, 1.807) is 6.33 Å². The highest BCUT2D eigenvalue weighted by atomic mass is 16.7. The zero-order valence-electron chi connectivity index (χ0n) is 16.3. The van der Waals surface area contributed by atoms with Crippen LogP contribution in [0.5, 0.6) is 11.5 Å². The van der Waals surface area contributed by atoms with Crippen molar-refractivity contribution in [2.24, 2.45) is 0 Å². The lowest BCUT2D eigenvalue weighted by Gasteiger charge is -2.38. The van der Waals surface area contributed by atoms with Crippen molar-refractivity contribution in [3.8, 4) is 11.5 Å². The molecule has 8 nitrogen and oxygen atoms in total. The Hall–Kier alpha value is -3.36. The normalized spacial score (nSPS) is 20.3. The molecule has 0 aliphatic carbocycles. The molecule has 3 aromatic rings. The van der Waals surface area contributed by atoms with Crippen molar-refractivity contribution in [2.75, 3.05) is 19.9 Å². The summed E-state index contributed by atoms with van der Waals surface area (Å²) in [6.45, 7) is 2.49. The van der Waals surface area contributed by atoms with Crippen molar-refractivity contribution in [3.05, 3.63) is 77.9 Å². The summed E-state index contributed by atoms with van der Waals surface area (Å²) in [5.74, 6) is 1.58. The lowest BCUT2D eigenvalue weighted by Crippen LogP contribution is -2.39. The number of hydrogen-bond donors (Lipinski definition) is 2. The number of fused-ring (bicyclic) bond motifs is 1. The van der Waals surface area contributed by atoms with Crippen LogP contribution in [0.1, 0.15) is 29.0 Å². The van der Waals surface area contributed by atoms with Gasteiger partial charge in [0.05, 0.1) is 18.5 Å². The van der Waals surface area contributed by atoms with E-state index in [0.717, 1.165) is 42.4 Å². The number of nitrogens with zero attached hydrogens (tertiary/aromatic N) is 2. The minimum Gasteiger partial charge on any atom is -0.483 e. The maximum Gasteiger partial charge on any atom is 0.290 e. The number of carboxylic acid groups (broad SMARTS) is 1. The summed E-state index contributed by atoms with van der Waals surface area (Å²) in [6, 6.07) is 16.5. The van der Waals surface area contributed by atoms with Gasteiger partial charge in [-0.2, -0.15) is 0 Å². The summed E-state index contributed by atoms with van der Waals surface area (Å²) in [5.41, 5.74) is 3.40. The molecule has 0 saturated carbocycles. The number of hydrogen-bond acceptors (Lipinski definition) is 6. The largest absolute Gasteiger partial charge is 0.483 e. The minimum absolute atomic E-state index is 0.0123. The Morgan fingerprint density at radius 3 is 2.53 bits per heavy atom. The first-order chi connectivity index (χ1) is 14.8. The van der Waals surface area contributed by atoms with E-state index in [4.69, 9.17) is 24.1 Å². The van der Waals surface area contributed by atoms with Gasteiger partial charge >= 0.3 is 0 Å². The number of ether oxygens (including phenoxy) is 3. The molecule has 1 aromatic heterocycles. The second kappa shape index (κ2) is 9.43. The molecule has 3 heterocycles. The summed E-state index contributed by atoms with van der Waals surface area (Å²) in [6.07, 6.45) is 3.57. The molecule has 0 bridgehead atoms. The molecule has 1 fully saturated rings. The summed E-state index contributed by atoms with van der Waals surface area (Å²) in [7, 11) is 0. The number of nitrogens with one attached hydrogen (secondary N) is 1. The van der Waals surface area contributed by atoms with Gasteiger partial charge < -0.3 is 24.3 Å². The molecule has 2 aromatic carbocycles. The third kappa shape index (κ3) is 4.61. The summed E-state index contributed by atoms with van der Waals surface area (Å²) in [5, 5.41) is 6.89. The van der Waals surface area contributed by atoms with Crippen LogP contribution in [0.2, 0.25) is 0 Å². The van der Waals surface area contributed by atoms with Crippen LogP contribution in [0, 0.1) is 0 Å². The third-order valence-corrected chi connectivity index (χ3v) is 5.07. The van der Waals surface area contributed by atoms with Gasteiger partial charge in [-0.05, 0) is 23.3 Å². The van der Waals surface area contributed by atoms with E-state index >= 15 is 0 Å². The fourth-order valence-corrected chi connectivity index (χ4v) is 3.72. The average Bonchev–Trinajstić information content (AvgIpc) is 3.46. The molecule has 0 unspecified atom stereocenters. The van der Waals surface area contributed by atoms with Gasteiger partial charge in [0.1, 0.15) is 0 Å². The maximum absolute atomic E-state index is 8.36. The van der Waals surface area contributed by atoms with Crippen LogP contribution in [-0.2, 0) is 16.1 Å². The molecule has 156 valence electrons. The summed E-state index contributed by atoms with van der Waals surface area (Å²) >= 11 is 0. The fraction of sp³-hybridized carbons (Fsp3) is 0.273. The Kier molecular flexibility index (Phi) is 6.26. The Balaban J connectivity index is 0.000000687. The Labute approximate surface area is 174 Å². The number of H-pyrrole nitrogens is 1. The van der Waals surface area contributed by atoms with Gasteiger partial charge in [-0.3, -0.25) is 9.69 Å². The van der Waals surface area contributed by atoms with Crippen LogP contribution in [0.4, 0.5) is 0 Å². The molecule has 2 atom stereocenters. The van der Waals surface area contributed by atoms with Crippen molar-refractivity contribution < 1.29 is 24.1 Å². The predicted molar refractivity (Wildman–Crippen MR) is 108 cm³/mol. The lowest BCUT2D eigenvalue weighted by molar-refractivity contribution is -0.122. The number of morpholine rings is 1. The molecule has 30 heavy (non-hydrogen) atoms. The van der Waals surface area contributed by atoms with Crippen molar-refractivity contribution in [2.45, 2.75) is 18.8 Å². The zero-order chi connectivity index (χ0) is 20.8. The van der Waals surface area contributed by atoms with E-state index in [9.17, 15) is 0 Å². The lowest BCUT2D eigenvalue weighted by atomic mass is 10.0. The van der Waals surface area contributed by atoms with Crippen LogP contribution in [0.15, 0.2) is 61.1 Å². The van der Waals surface area contributed by atoms with Crippen molar-refractivity contribution >= 4 is 6.47 Å². The molecular weight excluding hydrogens is 386 g/mol. The second-order valence-corrected chi connectivity index (χ2v) is 7.01. The van der Waals surface area contributed by atoms with Crippen LogP contribution >= 0.6 is 0 Å². The third-order valence-electron chi connectivity index (χ3n) is 5.07. The molecular formula is C22H23N3O5. The van der Waals surface area contributed by atoms with Crippen LogP contribution in [0.25, 0.3) is 0 Å². The minimum atomic E-state index is -0.250. The first-order valence-corrected chi connectivity index (χ1v) is 9.64. The number of rotatable bonds is 4. The molecule has 0 radical (unpaired) electrons. The molecule has 2 N–H and O–H groups in total. The first-order valence-electron chi connectivity index (χ1n) is 9.64. The van der Waals surface area contributed by atoms with Crippen molar-refractivity contribution in [3.63, 3.8) is 0 Å². The van der Waals surface area contributed by atoms with Crippen molar-refractivity contribution in [1.29, 1.82) is 0 Å². The zero-order valence-corrected chi connectivity index (χ0v) is 16.3. The number of benzene rings is 2. The van der Waals surface area contributed by atoms with Crippen molar-refractivity contribution in [1.82, 2.24) is 14.9 Å². The second-order valence-electron chi connectivity index (χ2n) is 7.01. The van der Waals surface area contributed by atoms with E-state index in [-0.39, 0.29) is 25.5 Å². The van der Waals surface area contributed by atoms with E-state index in [1.165, 1.54) is 5.56 Å². The van der Waals surface area contributed by atoms with Gasteiger partial charge in [0.2, 0.25) is 6.79 Å². The number of aromatic amines is 1. The van der Waals surface area contributed by atoms with Gasteiger partial charge in [-0.25, -0.2) is 4.98 Å². The molecule has 1 saturated heterocycles. The molecule has 5 rings (SSSR count). The molecule has 0 spiro atoms. The van der Waals surface area contributed by atoms with Gasteiger partial charge in [0.15, 0.2) is 11.5 Å². The van der Waals surface area contributed by atoms with E-state index < -0.39 is 0 Å². The smallest absolute Gasteiger partial charge is 0.290 e. The van der Waals surface area contributed by atoms with E-state index in [2.05, 4.69) is 45.2 Å². The molecule has 2 aliphatic heterocycles. The van der Waals surface area contributed by atoms with Gasteiger partial charge in [0, 0.05) is 31.5 Å². The molecule has 0 amide bonds. The van der Waals surface area contributed by atoms with E-state index in [0.29, 0.717) is 0 Å². The van der Waals surface area contributed by atoms with Gasteiger partial charge in [0.25, 0.3) is 6.47 Å². The van der Waals surface area contributed by atoms with Crippen LogP contribution in [-0.4, -0.2) is 46.3 Å². The maximum atomic E-state index is 8.36. The monoisotopic (exact) mass is 409 g/mol. The fourth-order valence-electron chi connectivity index (χ4n) is 3.72. The van der Waals surface area contributed by atoms with E-state index in [1.807, 2.05) is 24.4 Å². The molecule has 2 aliphatic rings. The summed E-state index contributed by atoms with van der Waals surface area (Å²) in [4.78, 5) is 18.1. The standard InChI is InChI=1S/C21H21N3O3.CH2O2/c1-2-4-15(5-3-1)20-11-24(10-17-9-22-13-23-17)12-21(27-20)16-6-7-18-19(8-16)26-14-25-18;2-1-3/h1-9,13,20-21H,10-12,14H2,(H,22,23);1H,(H,2,3)/t20-,21+;/m0./s1. The topological polar surface area (TPSA) is 96.9 Å². The van der Waals surface area contributed by atoms with Crippen LogP contribution < -0.4 is 9.47 Å². The van der Waals surface area contributed by atoms with Crippen LogP contribution in [0.3, 0.4) is 0 Å². The van der Waals surface area contributed by atoms with Gasteiger partial charge in [-0.15, -0.1) is 0 Å². The SMILES string of the molecule is O=CO.c1ccc([C@@H]2CN(Cc3cnc[nH]3)C[C@H](c3ccc4c(c3)OCO4)O2)cc1. The average molecular weight is 409 g/mol. The highest BCUT2D eigenvalue weighted by Gasteiger charge is 2.31. The summed E-state index contributed by atoms with van der Waals surface area (Å²) < 4.78 is 17.5. The number of carbonyl (C=O) groups is 1. The Morgan fingerprint density at radius 2 is 1.80 bits per heavy atom. The predicted octanol–water partition coefficient (Wildman–Crippen LogP) is 3.15. The number of aromatic nitrogens is 2. The molecule has 8 heteroatoms. The Bertz CT molecular complexity index is 949. The Morgan fingerprint density at radius 1 is 1.07 bits per heavy atom. The highest BCUT2D eigenvalue weighted by molar-refractivity contribution is 5.45. The quantitative estimate of drug-likeness (QED) is 0.639. The first kappa shape index (κ1) is 19.9. The number of imidazole rings is 1. The highest BCUT2D eigenvalue weighted by Crippen LogP contribution is 2.38.